The molecule has 260 valence electrons. The van der Waals surface area contributed by atoms with Crippen LogP contribution in [0.25, 0.3) is 0 Å². The van der Waals surface area contributed by atoms with Gasteiger partial charge in [0.1, 0.15) is 18.4 Å². The zero-order chi connectivity index (χ0) is 34.7. The first-order valence-electron chi connectivity index (χ1n) is 16.4. The third-order valence-electron chi connectivity index (χ3n) is 8.45. The molecule has 0 unspecified atom stereocenters. The molecule has 0 saturated heterocycles. The van der Waals surface area contributed by atoms with Gasteiger partial charge in [-0.05, 0) is 48.1 Å². The van der Waals surface area contributed by atoms with Gasteiger partial charge in [0, 0.05) is 32.1 Å². The maximum absolute atomic E-state index is 14.0. The van der Waals surface area contributed by atoms with Crippen molar-refractivity contribution in [2.75, 3.05) is 51.9 Å². The lowest BCUT2D eigenvalue weighted by Gasteiger charge is -2.32. The molecule has 0 aromatic heterocycles. The highest BCUT2D eigenvalue weighted by Gasteiger charge is 2.34. The first-order chi connectivity index (χ1) is 23.1. The van der Waals surface area contributed by atoms with E-state index >= 15 is 0 Å². The Kier molecular flexibility index (Phi) is 13.2. The smallest absolute Gasteiger partial charge is 0.407 e. The Morgan fingerprint density at radius 1 is 1.00 bits per heavy atom. The van der Waals surface area contributed by atoms with Crippen LogP contribution in [0.1, 0.15) is 50.2 Å². The molecule has 0 aliphatic carbocycles. The number of nitrogens with one attached hydrogen (secondary N) is 2. The molecule has 12 heteroatoms. The van der Waals surface area contributed by atoms with Crippen LogP contribution in [0.4, 0.5) is 10.5 Å². The SMILES string of the molecule is COC(=O)N[C@@H](C(=O)NCCCC[C@@H](CO)N(CC(C)C)S(=O)(=O)c1ccc2c(c1)N(C)CCO2)C(c1ccccc1)c1ccccc1. The van der Waals surface area contributed by atoms with Gasteiger partial charge in [-0.3, -0.25) is 4.79 Å². The van der Waals surface area contributed by atoms with Crippen LogP contribution in [-0.4, -0.2) is 88.9 Å². The van der Waals surface area contributed by atoms with Crippen molar-refractivity contribution in [1.29, 1.82) is 0 Å². The Balaban J connectivity index is 1.44. The first-order valence-corrected chi connectivity index (χ1v) is 17.8. The van der Waals surface area contributed by atoms with Crippen LogP contribution in [0.15, 0.2) is 83.8 Å². The van der Waals surface area contributed by atoms with Gasteiger partial charge in [-0.25, -0.2) is 13.2 Å². The molecular formula is C36H48N4O7S. The Morgan fingerprint density at radius 2 is 1.65 bits per heavy atom. The average Bonchev–Trinajstić information content (AvgIpc) is 3.09. The largest absolute Gasteiger partial charge is 0.490 e. The van der Waals surface area contributed by atoms with E-state index in [-0.39, 0.29) is 29.9 Å². The Labute approximate surface area is 284 Å². The second-order valence-electron chi connectivity index (χ2n) is 12.4. The van der Waals surface area contributed by atoms with Crippen molar-refractivity contribution in [3.05, 3.63) is 90.0 Å². The number of unbranched alkanes of at least 4 members (excludes halogenated alkanes) is 1. The van der Waals surface area contributed by atoms with Crippen molar-refractivity contribution >= 4 is 27.7 Å². The van der Waals surface area contributed by atoms with Crippen molar-refractivity contribution in [3.8, 4) is 5.75 Å². The third-order valence-corrected chi connectivity index (χ3v) is 10.4. The number of methoxy groups -OCH3 is 1. The average molecular weight is 681 g/mol. The molecule has 2 amide bonds. The Bertz CT molecular complexity index is 1550. The van der Waals surface area contributed by atoms with Gasteiger partial charge in [0.15, 0.2) is 0 Å². The summed E-state index contributed by atoms with van der Waals surface area (Å²) >= 11 is 0. The highest BCUT2D eigenvalue weighted by atomic mass is 32.2. The molecule has 3 N–H and O–H groups in total. The molecule has 2 atom stereocenters. The van der Waals surface area contributed by atoms with E-state index in [1.807, 2.05) is 86.5 Å². The minimum Gasteiger partial charge on any atom is -0.490 e. The highest BCUT2D eigenvalue weighted by molar-refractivity contribution is 7.89. The summed E-state index contributed by atoms with van der Waals surface area (Å²) in [5.74, 6) is -0.183. The van der Waals surface area contributed by atoms with Crippen LogP contribution >= 0.6 is 0 Å². The molecule has 3 aromatic rings. The van der Waals surface area contributed by atoms with Crippen LogP contribution in [0, 0.1) is 5.92 Å². The number of ether oxygens (including phenoxy) is 2. The van der Waals surface area contributed by atoms with Crippen LogP contribution in [0.5, 0.6) is 5.75 Å². The molecule has 0 bridgehead atoms. The molecular weight excluding hydrogens is 632 g/mol. The summed E-state index contributed by atoms with van der Waals surface area (Å²) in [4.78, 5) is 28.2. The van der Waals surface area contributed by atoms with Crippen molar-refractivity contribution in [1.82, 2.24) is 14.9 Å². The molecule has 0 fully saturated rings. The lowest BCUT2D eigenvalue weighted by molar-refractivity contribution is -0.123. The second kappa shape index (κ2) is 17.3. The summed E-state index contributed by atoms with van der Waals surface area (Å²) < 4.78 is 39.9. The summed E-state index contributed by atoms with van der Waals surface area (Å²) in [5.41, 5.74) is 2.43. The zero-order valence-electron chi connectivity index (χ0n) is 28.2. The summed E-state index contributed by atoms with van der Waals surface area (Å²) in [5, 5.41) is 16.1. The van der Waals surface area contributed by atoms with Gasteiger partial charge in [0.05, 0.1) is 30.8 Å². The molecule has 0 spiro atoms. The second-order valence-corrected chi connectivity index (χ2v) is 14.3. The number of fused-ring (bicyclic) bond motifs is 1. The molecule has 0 saturated carbocycles. The van der Waals surface area contributed by atoms with Gasteiger partial charge < -0.3 is 30.1 Å². The van der Waals surface area contributed by atoms with E-state index in [4.69, 9.17) is 9.47 Å². The number of rotatable bonds is 16. The van der Waals surface area contributed by atoms with Crippen molar-refractivity contribution in [2.45, 2.75) is 56.0 Å². The fourth-order valence-electron chi connectivity index (χ4n) is 5.97. The number of nitrogens with zero attached hydrogens (tertiary/aromatic N) is 2. The number of aliphatic hydroxyl groups excluding tert-OH is 1. The van der Waals surface area contributed by atoms with Crippen molar-refractivity contribution < 1.29 is 32.6 Å². The van der Waals surface area contributed by atoms with E-state index in [9.17, 15) is 23.1 Å². The van der Waals surface area contributed by atoms with E-state index in [2.05, 4.69) is 10.6 Å². The fraction of sp³-hybridized carbons (Fsp3) is 0.444. The highest BCUT2D eigenvalue weighted by Crippen LogP contribution is 2.34. The van der Waals surface area contributed by atoms with E-state index in [1.165, 1.54) is 11.4 Å². The number of alkyl carbamates (subject to hydrolysis) is 1. The number of carbonyl (C=O) groups excluding carboxylic acids is 2. The van der Waals surface area contributed by atoms with Crippen LogP contribution < -0.4 is 20.3 Å². The van der Waals surface area contributed by atoms with Gasteiger partial charge in [-0.15, -0.1) is 0 Å². The predicted octanol–water partition coefficient (Wildman–Crippen LogP) is 4.37. The maximum atomic E-state index is 14.0. The Morgan fingerprint density at radius 3 is 2.23 bits per heavy atom. The van der Waals surface area contributed by atoms with Crippen LogP contribution in [0.2, 0.25) is 0 Å². The minimum absolute atomic E-state index is 0.0261. The molecule has 1 aliphatic rings. The molecule has 4 rings (SSSR count). The van der Waals surface area contributed by atoms with E-state index in [0.29, 0.717) is 50.4 Å². The lowest BCUT2D eigenvalue weighted by atomic mass is 9.84. The number of hydrogen-bond donors (Lipinski definition) is 3. The van der Waals surface area contributed by atoms with Crippen molar-refractivity contribution in [2.24, 2.45) is 5.92 Å². The number of sulfonamides is 1. The number of anilines is 1. The molecule has 0 radical (unpaired) electrons. The van der Waals surface area contributed by atoms with E-state index in [1.54, 1.807) is 18.2 Å². The standard InChI is InChI=1S/C36H48N4O7S/c1-26(2)24-40(48(44,45)30-18-19-32-31(23-30)39(3)21-22-47-32)29(25-41)17-11-12-20-37-35(42)34(38-36(43)46-4)33(27-13-7-5-8-14-27)28-15-9-6-10-16-28/h5-10,13-16,18-19,23,26,29,33-34,41H,11-12,17,20-22,24-25H2,1-4H3,(H,37,42)(H,38,43)/t29-,34+/m0/s1. The van der Waals surface area contributed by atoms with Crippen LogP contribution in [-0.2, 0) is 19.6 Å². The van der Waals surface area contributed by atoms with Gasteiger partial charge in [-0.2, -0.15) is 4.31 Å². The zero-order valence-corrected chi connectivity index (χ0v) is 29.0. The lowest BCUT2D eigenvalue weighted by Crippen LogP contribution is -2.50. The van der Waals surface area contributed by atoms with E-state index in [0.717, 1.165) is 11.1 Å². The predicted molar refractivity (Wildman–Crippen MR) is 186 cm³/mol. The summed E-state index contributed by atoms with van der Waals surface area (Å²) in [6, 6.07) is 22.3. The summed E-state index contributed by atoms with van der Waals surface area (Å²) in [7, 11) is -0.787. The third kappa shape index (κ3) is 9.27. The van der Waals surface area contributed by atoms with Gasteiger partial charge in [0.25, 0.3) is 0 Å². The number of amides is 2. The first kappa shape index (κ1) is 36.7. The normalized spacial score (nSPS) is 14.3. The van der Waals surface area contributed by atoms with Gasteiger partial charge in [0.2, 0.25) is 15.9 Å². The number of likely N-dealkylation sites (N-methyl/N-ethyl adjacent to an activating group) is 1. The molecule has 1 aliphatic heterocycles. The van der Waals surface area contributed by atoms with E-state index < -0.39 is 34.1 Å². The fourth-order valence-corrected chi connectivity index (χ4v) is 7.80. The monoisotopic (exact) mass is 680 g/mol. The number of aliphatic hydroxyl groups is 1. The quantitative estimate of drug-likeness (QED) is 0.190. The Hall–Kier alpha value is -4.13. The molecule has 11 nitrogen and oxygen atoms in total. The molecule has 1 heterocycles. The molecule has 48 heavy (non-hydrogen) atoms. The molecule has 3 aromatic carbocycles. The van der Waals surface area contributed by atoms with Crippen LogP contribution in [0.3, 0.4) is 0 Å². The summed E-state index contributed by atoms with van der Waals surface area (Å²) in [6.07, 6.45) is 0.756. The minimum atomic E-state index is -3.94. The topological polar surface area (TPSA) is 138 Å². The van der Waals surface area contributed by atoms with Gasteiger partial charge in [-0.1, -0.05) is 80.9 Å². The maximum Gasteiger partial charge on any atom is 0.407 e. The number of benzene rings is 3. The number of hydrogen-bond acceptors (Lipinski definition) is 8. The van der Waals surface area contributed by atoms with Crippen molar-refractivity contribution in [3.63, 3.8) is 0 Å². The number of carbonyl (C=O) groups is 2. The summed E-state index contributed by atoms with van der Waals surface area (Å²) in [6.45, 7) is 5.27. The van der Waals surface area contributed by atoms with Gasteiger partial charge >= 0.3 is 6.09 Å².